The van der Waals surface area contributed by atoms with Crippen LogP contribution in [0.4, 0.5) is 5.69 Å². The highest BCUT2D eigenvalue weighted by Crippen LogP contribution is 2.22. The molecule has 81 valence electrons. The van der Waals surface area contributed by atoms with Crippen LogP contribution in [0.25, 0.3) is 0 Å². The van der Waals surface area contributed by atoms with Crippen molar-refractivity contribution in [3.05, 3.63) is 36.2 Å². The van der Waals surface area contributed by atoms with Crippen LogP contribution in [0.1, 0.15) is 27.7 Å². The van der Waals surface area contributed by atoms with Gasteiger partial charge in [0.15, 0.2) is 0 Å². The predicted molar refractivity (Wildman–Crippen MR) is 67.5 cm³/mol. The molecule has 1 rings (SSSR count). The zero-order chi connectivity index (χ0) is 11.3. The smallest absolute Gasteiger partial charge is 0.0625 e. The Morgan fingerprint density at radius 1 is 1.00 bits per heavy atom. The molecular weight excluding hydrogens is 182 g/mol. The highest BCUT2D eigenvalue weighted by molar-refractivity contribution is 5.78. The minimum atomic E-state index is 0.567. The third kappa shape index (κ3) is 3.86. The van der Waals surface area contributed by atoms with Crippen molar-refractivity contribution in [1.82, 2.24) is 0 Å². The fourth-order valence-electron chi connectivity index (χ4n) is 1.63. The van der Waals surface area contributed by atoms with E-state index in [4.69, 9.17) is 0 Å². The molecule has 1 radical (unpaired) electrons. The Balaban J connectivity index is 2.70. The van der Waals surface area contributed by atoms with Crippen LogP contribution in [-0.2, 0) is 0 Å². The molecule has 1 aromatic carbocycles. The fraction of sp³-hybridized carbons (Fsp3) is 0.429. The first-order valence-corrected chi connectivity index (χ1v) is 5.57. The highest BCUT2D eigenvalue weighted by atomic mass is 14.7. The standard InChI is InChI=1S/C14H20N/c1-11(2)14(12(3)4)10-15-13-8-6-5-7-9-13/h5-12H,1-4H3/b15-10+. The van der Waals surface area contributed by atoms with E-state index in [1.165, 1.54) is 5.92 Å². The summed E-state index contributed by atoms with van der Waals surface area (Å²) in [5.74, 6) is 2.54. The van der Waals surface area contributed by atoms with Crippen LogP contribution >= 0.6 is 0 Å². The third-order valence-corrected chi connectivity index (χ3v) is 2.45. The van der Waals surface area contributed by atoms with Gasteiger partial charge in [0, 0.05) is 12.1 Å². The van der Waals surface area contributed by atoms with Gasteiger partial charge < -0.3 is 0 Å². The van der Waals surface area contributed by atoms with E-state index in [0.717, 1.165) is 5.69 Å². The van der Waals surface area contributed by atoms with Gasteiger partial charge in [0.2, 0.25) is 0 Å². The van der Waals surface area contributed by atoms with Crippen molar-refractivity contribution in [1.29, 1.82) is 0 Å². The van der Waals surface area contributed by atoms with Crippen LogP contribution in [0.5, 0.6) is 0 Å². The van der Waals surface area contributed by atoms with Gasteiger partial charge in [-0.2, -0.15) is 0 Å². The van der Waals surface area contributed by atoms with Gasteiger partial charge in [-0.3, -0.25) is 4.99 Å². The van der Waals surface area contributed by atoms with Crippen LogP contribution in [0.15, 0.2) is 35.3 Å². The highest BCUT2D eigenvalue weighted by Gasteiger charge is 2.15. The molecule has 1 heteroatoms. The molecule has 1 nitrogen and oxygen atoms in total. The maximum absolute atomic E-state index is 4.49. The monoisotopic (exact) mass is 202 g/mol. The second kappa shape index (κ2) is 5.69. The normalized spacial score (nSPS) is 12.2. The van der Waals surface area contributed by atoms with E-state index in [1.807, 2.05) is 36.5 Å². The van der Waals surface area contributed by atoms with Gasteiger partial charge in [-0.05, 0) is 24.0 Å². The minimum Gasteiger partial charge on any atom is -0.261 e. The fourth-order valence-corrected chi connectivity index (χ4v) is 1.63. The quantitative estimate of drug-likeness (QED) is 0.646. The van der Waals surface area contributed by atoms with E-state index in [-0.39, 0.29) is 0 Å². The third-order valence-electron chi connectivity index (χ3n) is 2.45. The molecule has 0 aromatic heterocycles. The van der Waals surface area contributed by atoms with E-state index >= 15 is 0 Å². The average Bonchev–Trinajstić information content (AvgIpc) is 2.18. The zero-order valence-electron chi connectivity index (χ0n) is 10.1. The molecule has 0 aliphatic carbocycles. The van der Waals surface area contributed by atoms with Crippen molar-refractivity contribution in [3.8, 4) is 0 Å². The van der Waals surface area contributed by atoms with Crippen molar-refractivity contribution in [2.75, 3.05) is 0 Å². The van der Waals surface area contributed by atoms with E-state index in [9.17, 15) is 0 Å². The van der Waals surface area contributed by atoms with E-state index in [0.29, 0.717) is 11.8 Å². The van der Waals surface area contributed by atoms with Crippen LogP contribution in [0, 0.1) is 17.8 Å². The Morgan fingerprint density at radius 3 is 2.00 bits per heavy atom. The number of nitrogens with zero attached hydrogens (tertiary/aromatic N) is 1. The minimum absolute atomic E-state index is 0.567. The molecule has 0 saturated heterocycles. The second-order valence-electron chi connectivity index (χ2n) is 4.40. The lowest BCUT2D eigenvalue weighted by molar-refractivity contribution is 0.574. The molecule has 0 saturated carbocycles. The number of benzene rings is 1. The summed E-state index contributed by atoms with van der Waals surface area (Å²) >= 11 is 0. The zero-order valence-corrected chi connectivity index (χ0v) is 10.1. The molecule has 0 spiro atoms. The Kier molecular flexibility index (Phi) is 4.54. The van der Waals surface area contributed by atoms with Gasteiger partial charge in [0.25, 0.3) is 0 Å². The van der Waals surface area contributed by atoms with E-state index in [2.05, 4.69) is 32.7 Å². The molecular formula is C14H20N. The van der Waals surface area contributed by atoms with Gasteiger partial charge in [0.1, 0.15) is 0 Å². The summed E-state index contributed by atoms with van der Waals surface area (Å²) in [4.78, 5) is 4.49. The first-order chi connectivity index (χ1) is 7.11. The van der Waals surface area contributed by atoms with Gasteiger partial charge in [0.05, 0.1) is 5.69 Å². The largest absolute Gasteiger partial charge is 0.261 e. The number of aliphatic imine (C=N–C) groups is 1. The Bertz CT molecular complexity index is 290. The Morgan fingerprint density at radius 2 is 1.53 bits per heavy atom. The van der Waals surface area contributed by atoms with E-state index in [1.54, 1.807) is 0 Å². The van der Waals surface area contributed by atoms with Gasteiger partial charge in [-0.1, -0.05) is 45.9 Å². The molecule has 0 fully saturated rings. The number of hydrogen-bond acceptors (Lipinski definition) is 1. The number of para-hydroxylation sites is 1. The van der Waals surface area contributed by atoms with Gasteiger partial charge in [-0.15, -0.1) is 0 Å². The van der Waals surface area contributed by atoms with Gasteiger partial charge >= 0.3 is 0 Å². The number of hydrogen-bond donors (Lipinski definition) is 0. The first-order valence-electron chi connectivity index (χ1n) is 5.57. The molecule has 1 aromatic rings. The maximum atomic E-state index is 4.49. The molecule has 15 heavy (non-hydrogen) atoms. The Labute approximate surface area is 93.2 Å². The lowest BCUT2D eigenvalue weighted by Crippen LogP contribution is -2.14. The molecule has 0 N–H and O–H groups in total. The summed E-state index contributed by atoms with van der Waals surface area (Å²) in [6, 6.07) is 10.1. The molecule has 0 unspecified atom stereocenters. The lowest BCUT2D eigenvalue weighted by atomic mass is 9.87. The summed E-state index contributed by atoms with van der Waals surface area (Å²) < 4.78 is 0. The average molecular weight is 202 g/mol. The van der Waals surface area contributed by atoms with Gasteiger partial charge in [-0.25, -0.2) is 0 Å². The van der Waals surface area contributed by atoms with Crippen LogP contribution in [0.2, 0.25) is 0 Å². The summed E-state index contributed by atoms with van der Waals surface area (Å²) in [6.07, 6.45) is 2.02. The molecule has 0 heterocycles. The topological polar surface area (TPSA) is 12.4 Å². The van der Waals surface area contributed by atoms with Crippen LogP contribution in [-0.4, -0.2) is 6.21 Å². The SMILES string of the molecule is CC(C)[C](/C=N/c1ccccc1)C(C)C. The maximum Gasteiger partial charge on any atom is 0.0625 e. The summed E-state index contributed by atoms with van der Waals surface area (Å²) in [7, 11) is 0. The van der Waals surface area contributed by atoms with Crippen molar-refractivity contribution < 1.29 is 0 Å². The second-order valence-corrected chi connectivity index (χ2v) is 4.40. The molecule has 0 aliphatic heterocycles. The summed E-state index contributed by atoms with van der Waals surface area (Å²) in [6.45, 7) is 8.86. The van der Waals surface area contributed by atoms with Crippen molar-refractivity contribution >= 4 is 11.9 Å². The summed E-state index contributed by atoms with van der Waals surface area (Å²) in [5.41, 5.74) is 1.02. The van der Waals surface area contributed by atoms with Crippen molar-refractivity contribution in [2.45, 2.75) is 27.7 Å². The lowest BCUT2D eigenvalue weighted by Gasteiger charge is -2.19. The molecule has 0 bridgehead atoms. The molecule has 0 atom stereocenters. The van der Waals surface area contributed by atoms with Crippen LogP contribution < -0.4 is 0 Å². The van der Waals surface area contributed by atoms with Crippen molar-refractivity contribution in [2.24, 2.45) is 16.8 Å². The molecule has 0 amide bonds. The van der Waals surface area contributed by atoms with Crippen molar-refractivity contribution in [3.63, 3.8) is 0 Å². The number of rotatable bonds is 4. The first kappa shape index (κ1) is 12.0. The molecule has 0 aliphatic rings. The van der Waals surface area contributed by atoms with E-state index < -0.39 is 0 Å². The van der Waals surface area contributed by atoms with Crippen LogP contribution in [0.3, 0.4) is 0 Å². The Hall–Kier alpha value is -1.11. The summed E-state index contributed by atoms with van der Waals surface area (Å²) in [5, 5.41) is 0. The predicted octanol–water partition coefficient (Wildman–Crippen LogP) is 4.28.